The van der Waals surface area contributed by atoms with Gasteiger partial charge in [-0.15, -0.1) is 0 Å². The number of anilines is 2. The molecule has 0 saturated heterocycles. The number of rotatable bonds is 8. The fraction of sp³-hybridized carbons (Fsp3) is 0.316. The van der Waals surface area contributed by atoms with E-state index in [1.165, 1.54) is 12.1 Å². The molecular weight excluding hydrogens is 323 g/mol. The molecule has 25 heavy (non-hydrogen) atoms. The van der Waals surface area contributed by atoms with E-state index >= 15 is 0 Å². The number of nitrogens with one attached hydrogen (secondary N) is 2. The maximum Gasteiger partial charge on any atom is 0.243 e. The van der Waals surface area contributed by atoms with Crippen molar-refractivity contribution in [2.75, 3.05) is 30.4 Å². The van der Waals surface area contributed by atoms with Gasteiger partial charge in [0.1, 0.15) is 5.82 Å². The van der Waals surface area contributed by atoms with Gasteiger partial charge in [-0.3, -0.25) is 4.79 Å². The van der Waals surface area contributed by atoms with Gasteiger partial charge in [-0.25, -0.2) is 4.39 Å². The van der Waals surface area contributed by atoms with Crippen LogP contribution in [0.1, 0.15) is 19.4 Å². The number of hydrogen-bond acceptors (Lipinski definition) is 4. The number of hydrogen-bond donors (Lipinski definition) is 2. The molecule has 0 aliphatic carbocycles. The Kier molecular flexibility index (Phi) is 6.62. The summed E-state index contributed by atoms with van der Waals surface area (Å²) in [5, 5.41) is 5.80. The van der Waals surface area contributed by atoms with Crippen LogP contribution in [-0.2, 0) is 4.79 Å². The van der Waals surface area contributed by atoms with Gasteiger partial charge in [0.2, 0.25) is 5.91 Å². The van der Waals surface area contributed by atoms with Crippen LogP contribution < -0.4 is 20.1 Å². The topological polar surface area (TPSA) is 59.6 Å². The Hall–Kier alpha value is -2.76. The molecule has 0 aromatic heterocycles. The summed E-state index contributed by atoms with van der Waals surface area (Å²) in [5.41, 5.74) is 2.08. The summed E-state index contributed by atoms with van der Waals surface area (Å²) in [5.74, 6) is 0.715. The second-order valence-corrected chi connectivity index (χ2v) is 5.39. The van der Waals surface area contributed by atoms with E-state index in [1.54, 1.807) is 31.2 Å². The Bertz CT molecular complexity index is 735. The summed E-state index contributed by atoms with van der Waals surface area (Å²) in [6.07, 6.45) is 0. The summed E-state index contributed by atoms with van der Waals surface area (Å²) in [4.78, 5) is 12.1. The molecule has 2 aromatic carbocycles. The van der Waals surface area contributed by atoms with Crippen LogP contribution in [0.15, 0.2) is 36.4 Å². The van der Waals surface area contributed by atoms with Crippen molar-refractivity contribution in [1.29, 1.82) is 0 Å². The lowest BCUT2D eigenvalue weighted by Crippen LogP contribution is -2.22. The minimum absolute atomic E-state index is 0.0731. The molecule has 0 saturated carbocycles. The van der Waals surface area contributed by atoms with Crippen molar-refractivity contribution >= 4 is 17.3 Å². The molecule has 5 nitrogen and oxygen atoms in total. The van der Waals surface area contributed by atoms with Crippen LogP contribution >= 0.6 is 0 Å². The number of halogens is 1. The highest BCUT2D eigenvalue weighted by atomic mass is 19.1. The van der Waals surface area contributed by atoms with Gasteiger partial charge >= 0.3 is 0 Å². The van der Waals surface area contributed by atoms with Crippen molar-refractivity contribution in [2.24, 2.45) is 0 Å². The standard InChI is InChI=1S/C19H23FN2O3/c1-4-24-17-9-7-15(11-18(17)25-5-2)22-19(23)12-21-16-8-6-14(20)10-13(16)3/h6-11,21H,4-5,12H2,1-3H3,(H,22,23). The van der Waals surface area contributed by atoms with E-state index in [0.29, 0.717) is 30.4 Å². The Labute approximate surface area is 147 Å². The highest BCUT2D eigenvalue weighted by Gasteiger charge is 2.09. The Morgan fingerprint density at radius 2 is 1.76 bits per heavy atom. The third-order valence-electron chi connectivity index (χ3n) is 3.45. The zero-order chi connectivity index (χ0) is 18.2. The van der Waals surface area contributed by atoms with Gasteiger partial charge in [0.25, 0.3) is 0 Å². The maximum atomic E-state index is 13.1. The first-order valence-corrected chi connectivity index (χ1v) is 8.23. The summed E-state index contributed by atoms with van der Waals surface area (Å²) in [6.45, 7) is 6.67. The zero-order valence-corrected chi connectivity index (χ0v) is 14.7. The lowest BCUT2D eigenvalue weighted by atomic mass is 10.2. The fourth-order valence-electron chi connectivity index (χ4n) is 2.33. The highest BCUT2D eigenvalue weighted by Crippen LogP contribution is 2.30. The third-order valence-corrected chi connectivity index (χ3v) is 3.45. The van der Waals surface area contributed by atoms with Crippen LogP contribution in [0.5, 0.6) is 11.5 Å². The second-order valence-electron chi connectivity index (χ2n) is 5.39. The van der Waals surface area contributed by atoms with Crippen molar-refractivity contribution in [3.63, 3.8) is 0 Å². The highest BCUT2D eigenvalue weighted by molar-refractivity contribution is 5.94. The molecular formula is C19H23FN2O3. The maximum absolute atomic E-state index is 13.1. The molecule has 0 unspecified atom stereocenters. The normalized spacial score (nSPS) is 10.2. The smallest absolute Gasteiger partial charge is 0.243 e. The van der Waals surface area contributed by atoms with Crippen molar-refractivity contribution in [3.05, 3.63) is 47.8 Å². The molecule has 2 rings (SSSR count). The monoisotopic (exact) mass is 346 g/mol. The minimum atomic E-state index is -0.301. The van der Waals surface area contributed by atoms with Crippen molar-refractivity contribution in [2.45, 2.75) is 20.8 Å². The van der Waals surface area contributed by atoms with Gasteiger partial charge in [0.15, 0.2) is 11.5 Å². The predicted octanol–water partition coefficient (Wildman–Crippen LogP) is 3.98. The van der Waals surface area contributed by atoms with E-state index < -0.39 is 0 Å². The van der Waals surface area contributed by atoms with Crippen LogP contribution in [0.4, 0.5) is 15.8 Å². The molecule has 1 amide bonds. The lowest BCUT2D eigenvalue weighted by molar-refractivity contribution is -0.114. The third kappa shape index (κ3) is 5.38. The number of ether oxygens (including phenoxy) is 2. The van der Waals surface area contributed by atoms with Crippen molar-refractivity contribution in [3.8, 4) is 11.5 Å². The van der Waals surface area contributed by atoms with E-state index in [9.17, 15) is 9.18 Å². The van der Waals surface area contributed by atoms with Gasteiger partial charge in [0, 0.05) is 17.4 Å². The van der Waals surface area contributed by atoms with E-state index in [-0.39, 0.29) is 18.3 Å². The molecule has 6 heteroatoms. The first-order chi connectivity index (χ1) is 12.0. The average Bonchev–Trinajstić information content (AvgIpc) is 2.57. The Morgan fingerprint density at radius 3 is 2.44 bits per heavy atom. The van der Waals surface area contributed by atoms with Crippen molar-refractivity contribution < 1.29 is 18.7 Å². The van der Waals surface area contributed by atoms with Crippen LogP contribution in [0, 0.1) is 12.7 Å². The molecule has 0 aliphatic rings. The first-order valence-electron chi connectivity index (χ1n) is 8.23. The summed E-state index contributed by atoms with van der Waals surface area (Å²) in [7, 11) is 0. The molecule has 0 aliphatic heterocycles. The molecule has 0 radical (unpaired) electrons. The number of carbonyl (C=O) groups is 1. The van der Waals surface area contributed by atoms with Gasteiger partial charge in [0.05, 0.1) is 19.8 Å². The van der Waals surface area contributed by atoms with E-state index in [4.69, 9.17) is 9.47 Å². The quantitative estimate of drug-likeness (QED) is 0.759. The van der Waals surface area contributed by atoms with Crippen LogP contribution in [-0.4, -0.2) is 25.7 Å². The van der Waals surface area contributed by atoms with E-state index in [0.717, 1.165) is 11.3 Å². The van der Waals surface area contributed by atoms with E-state index in [2.05, 4.69) is 10.6 Å². The average molecular weight is 346 g/mol. The lowest BCUT2D eigenvalue weighted by Gasteiger charge is -2.13. The SMILES string of the molecule is CCOc1ccc(NC(=O)CNc2ccc(F)cc2C)cc1OCC. The van der Waals surface area contributed by atoms with Crippen molar-refractivity contribution in [1.82, 2.24) is 0 Å². The molecule has 2 aromatic rings. The molecule has 0 atom stereocenters. The van der Waals surface area contributed by atoms with Gasteiger partial charge in [-0.1, -0.05) is 0 Å². The largest absolute Gasteiger partial charge is 0.490 e. The first kappa shape index (κ1) is 18.6. The molecule has 134 valence electrons. The zero-order valence-electron chi connectivity index (χ0n) is 14.7. The molecule has 0 bridgehead atoms. The minimum Gasteiger partial charge on any atom is -0.490 e. The number of carbonyl (C=O) groups excluding carboxylic acids is 1. The van der Waals surface area contributed by atoms with E-state index in [1.807, 2.05) is 13.8 Å². The number of benzene rings is 2. The summed E-state index contributed by atoms with van der Waals surface area (Å²) in [6, 6.07) is 9.64. The van der Waals surface area contributed by atoms with Crippen LogP contribution in [0.25, 0.3) is 0 Å². The van der Waals surface area contributed by atoms with Gasteiger partial charge < -0.3 is 20.1 Å². The molecule has 0 heterocycles. The molecule has 2 N–H and O–H groups in total. The fourth-order valence-corrected chi connectivity index (χ4v) is 2.33. The van der Waals surface area contributed by atoms with Crippen LogP contribution in [0.2, 0.25) is 0 Å². The number of aryl methyl sites for hydroxylation is 1. The summed E-state index contributed by atoms with van der Waals surface area (Å²) < 4.78 is 24.1. The molecule has 0 fully saturated rings. The van der Waals surface area contributed by atoms with Crippen LogP contribution in [0.3, 0.4) is 0 Å². The Balaban J connectivity index is 1.98. The Morgan fingerprint density at radius 1 is 1.04 bits per heavy atom. The van der Waals surface area contributed by atoms with Gasteiger partial charge in [-0.2, -0.15) is 0 Å². The second kappa shape index (κ2) is 8.92. The predicted molar refractivity (Wildman–Crippen MR) is 97.0 cm³/mol. The number of amides is 1. The van der Waals surface area contributed by atoms with Gasteiger partial charge in [-0.05, 0) is 56.7 Å². The summed E-state index contributed by atoms with van der Waals surface area (Å²) >= 11 is 0. The molecule has 0 spiro atoms.